The topological polar surface area (TPSA) is 87.7 Å². The molecule has 0 aromatic carbocycles. The Balaban J connectivity index is 1.62. The SMILES string of the molecule is O=S1(=O)CCC(Cc2nc(C3CCNCC3)n[nH]2)C1. The molecule has 0 aliphatic carbocycles. The number of hydrogen-bond donors (Lipinski definition) is 2. The van der Waals surface area contributed by atoms with E-state index in [1.165, 1.54) is 0 Å². The van der Waals surface area contributed by atoms with Gasteiger partial charge in [0, 0.05) is 12.3 Å². The van der Waals surface area contributed by atoms with Crippen LogP contribution < -0.4 is 5.32 Å². The minimum Gasteiger partial charge on any atom is -0.317 e. The normalized spacial score (nSPS) is 27.7. The van der Waals surface area contributed by atoms with E-state index in [9.17, 15) is 8.42 Å². The third kappa shape index (κ3) is 3.14. The minimum atomic E-state index is -2.80. The maximum atomic E-state index is 11.4. The Morgan fingerprint density at radius 1 is 1.21 bits per heavy atom. The average molecular weight is 284 g/mol. The van der Waals surface area contributed by atoms with Crippen LogP contribution in [0.15, 0.2) is 0 Å². The van der Waals surface area contributed by atoms with Gasteiger partial charge < -0.3 is 5.32 Å². The molecule has 3 heterocycles. The lowest BCUT2D eigenvalue weighted by Gasteiger charge is -2.19. The van der Waals surface area contributed by atoms with Gasteiger partial charge in [0.2, 0.25) is 0 Å². The van der Waals surface area contributed by atoms with Gasteiger partial charge in [0.1, 0.15) is 5.82 Å². The highest BCUT2D eigenvalue weighted by molar-refractivity contribution is 7.91. The molecule has 2 saturated heterocycles. The summed E-state index contributed by atoms with van der Waals surface area (Å²) in [5, 5.41) is 10.6. The Hall–Kier alpha value is -0.950. The summed E-state index contributed by atoms with van der Waals surface area (Å²) in [5.74, 6) is 3.02. The molecule has 1 aromatic rings. The summed E-state index contributed by atoms with van der Waals surface area (Å²) in [6.45, 7) is 2.05. The molecule has 1 aromatic heterocycles. The highest BCUT2D eigenvalue weighted by Crippen LogP contribution is 2.24. The number of piperidine rings is 1. The van der Waals surface area contributed by atoms with Crippen LogP contribution in [0.25, 0.3) is 0 Å². The molecule has 106 valence electrons. The summed E-state index contributed by atoms with van der Waals surface area (Å²) in [4.78, 5) is 4.56. The van der Waals surface area contributed by atoms with Crippen molar-refractivity contribution >= 4 is 9.84 Å². The summed E-state index contributed by atoms with van der Waals surface area (Å²) in [6, 6.07) is 0. The van der Waals surface area contributed by atoms with Gasteiger partial charge in [0.05, 0.1) is 11.5 Å². The van der Waals surface area contributed by atoms with Crippen LogP contribution in [0.4, 0.5) is 0 Å². The molecule has 2 aliphatic heterocycles. The zero-order chi connectivity index (χ0) is 13.3. The molecule has 2 fully saturated rings. The van der Waals surface area contributed by atoms with Crippen molar-refractivity contribution in [2.45, 2.75) is 31.6 Å². The fourth-order valence-corrected chi connectivity index (χ4v) is 4.83. The number of aromatic nitrogens is 3. The number of hydrogen-bond acceptors (Lipinski definition) is 5. The zero-order valence-corrected chi connectivity index (χ0v) is 11.7. The summed E-state index contributed by atoms with van der Waals surface area (Å²) >= 11 is 0. The van der Waals surface area contributed by atoms with E-state index in [1.807, 2.05) is 0 Å². The van der Waals surface area contributed by atoms with E-state index in [0.29, 0.717) is 23.8 Å². The van der Waals surface area contributed by atoms with Gasteiger partial charge in [-0.1, -0.05) is 0 Å². The molecule has 1 atom stereocenters. The number of H-pyrrole nitrogens is 1. The third-order valence-corrected chi connectivity index (χ3v) is 5.90. The lowest BCUT2D eigenvalue weighted by Crippen LogP contribution is -2.27. The molecular formula is C12H20N4O2S. The van der Waals surface area contributed by atoms with Gasteiger partial charge in [-0.3, -0.25) is 5.10 Å². The first-order valence-corrected chi connectivity index (χ1v) is 8.77. The highest BCUT2D eigenvalue weighted by atomic mass is 32.2. The van der Waals surface area contributed by atoms with Crippen molar-refractivity contribution in [3.8, 4) is 0 Å². The van der Waals surface area contributed by atoms with E-state index in [4.69, 9.17) is 0 Å². The molecule has 1 unspecified atom stereocenters. The Morgan fingerprint density at radius 3 is 2.68 bits per heavy atom. The van der Waals surface area contributed by atoms with Crippen molar-refractivity contribution in [3.63, 3.8) is 0 Å². The van der Waals surface area contributed by atoms with Crippen molar-refractivity contribution in [3.05, 3.63) is 11.6 Å². The van der Waals surface area contributed by atoms with Crippen molar-refractivity contribution in [2.75, 3.05) is 24.6 Å². The molecule has 0 radical (unpaired) electrons. The second-order valence-corrected chi connectivity index (χ2v) is 7.87. The lowest BCUT2D eigenvalue weighted by molar-refractivity contribution is 0.445. The Kier molecular flexibility index (Phi) is 3.58. The van der Waals surface area contributed by atoms with Gasteiger partial charge >= 0.3 is 0 Å². The van der Waals surface area contributed by atoms with Gasteiger partial charge in [0.15, 0.2) is 15.7 Å². The highest BCUT2D eigenvalue weighted by Gasteiger charge is 2.29. The maximum absolute atomic E-state index is 11.4. The molecular weight excluding hydrogens is 264 g/mol. The Bertz CT molecular complexity index is 534. The van der Waals surface area contributed by atoms with Gasteiger partial charge in [-0.05, 0) is 38.3 Å². The van der Waals surface area contributed by atoms with Crippen molar-refractivity contribution in [2.24, 2.45) is 5.92 Å². The summed E-state index contributed by atoms with van der Waals surface area (Å²) in [6.07, 6.45) is 3.62. The van der Waals surface area contributed by atoms with E-state index in [1.54, 1.807) is 0 Å². The molecule has 2 aliphatic rings. The fourth-order valence-electron chi connectivity index (χ4n) is 2.97. The van der Waals surface area contributed by atoms with E-state index in [-0.39, 0.29) is 5.92 Å². The van der Waals surface area contributed by atoms with E-state index in [0.717, 1.165) is 44.0 Å². The van der Waals surface area contributed by atoms with E-state index >= 15 is 0 Å². The standard InChI is InChI=1S/C12H20N4O2S/c17-19(18)6-3-9(8-19)7-11-14-12(16-15-11)10-1-4-13-5-2-10/h9-10,13H,1-8H2,(H,14,15,16). The molecule has 0 saturated carbocycles. The van der Waals surface area contributed by atoms with Gasteiger partial charge in [-0.15, -0.1) is 0 Å². The zero-order valence-electron chi connectivity index (χ0n) is 10.9. The van der Waals surface area contributed by atoms with Crippen molar-refractivity contribution < 1.29 is 8.42 Å². The molecule has 19 heavy (non-hydrogen) atoms. The lowest BCUT2D eigenvalue weighted by atomic mass is 9.97. The number of nitrogens with zero attached hydrogens (tertiary/aromatic N) is 2. The molecule has 6 nitrogen and oxygen atoms in total. The van der Waals surface area contributed by atoms with Gasteiger partial charge in [-0.25, -0.2) is 13.4 Å². The molecule has 7 heteroatoms. The first kappa shape index (κ1) is 13.1. The first-order valence-electron chi connectivity index (χ1n) is 6.95. The average Bonchev–Trinajstić information content (AvgIpc) is 2.98. The van der Waals surface area contributed by atoms with Crippen LogP contribution in [-0.2, 0) is 16.3 Å². The van der Waals surface area contributed by atoms with Crippen molar-refractivity contribution in [1.29, 1.82) is 0 Å². The van der Waals surface area contributed by atoms with Crippen LogP contribution in [0.5, 0.6) is 0 Å². The summed E-state index contributed by atoms with van der Waals surface area (Å²) < 4.78 is 22.9. The van der Waals surface area contributed by atoms with Crippen LogP contribution in [0.1, 0.15) is 36.8 Å². The summed E-state index contributed by atoms with van der Waals surface area (Å²) in [7, 11) is -2.80. The quantitative estimate of drug-likeness (QED) is 0.830. The Labute approximate surface area is 113 Å². The predicted molar refractivity (Wildman–Crippen MR) is 71.7 cm³/mol. The minimum absolute atomic E-state index is 0.207. The van der Waals surface area contributed by atoms with Crippen LogP contribution in [0.3, 0.4) is 0 Å². The van der Waals surface area contributed by atoms with E-state index in [2.05, 4.69) is 20.5 Å². The maximum Gasteiger partial charge on any atom is 0.153 e. The van der Waals surface area contributed by atoms with Crippen LogP contribution in [0.2, 0.25) is 0 Å². The second kappa shape index (κ2) is 5.20. The smallest absolute Gasteiger partial charge is 0.153 e. The Morgan fingerprint density at radius 2 is 2.00 bits per heavy atom. The van der Waals surface area contributed by atoms with Gasteiger partial charge in [0.25, 0.3) is 0 Å². The first-order chi connectivity index (χ1) is 9.12. The third-order valence-electron chi connectivity index (χ3n) is 4.06. The molecule has 2 N–H and O–H groups in total. The van der Waals surface area contributed by atoms with Crippen LogP contribution in [-0.4, -0.2) is 48.2 Å². The number of nitrogens with one attached hydrogen (secondary N) is 2. The van der Waals surface area contributed by atoms with Crippen molar-refractivity contribution in [1.82, 2.24) is 20.5 Å². The predicted octanol–water partition coefficient (Wildman–Crippen LogP) is 0.249. The monoisotopic (exact) mass is 284 g/mol. The molecule has 0 amide bonds. The van der Waals surface area contributed by atoms with E-state index < -0.39 is 9.84 Å². The molecule has 3 rings (SSSR count). The summed E-state index contributed by atoms with van der Waals surface area (Å²) in [5.41, 5.74) is 0. The largest absolute Gasteiger partial charge is 0.317 e. The number of aromatic amines is 1. The molecule has 0 spiro atoms. The number of rotatable bonds is 3. The van der Waals surface area contributed by atoms with Crippen LogP contribution >= 0.6 is 0 Å². The fraction of sp³-hybridized carbons (Fsp3) is 0.833. The van der Waals surface area contributed by atoms with Crippen LogP contribution in [0, 0.1) is 5.92 Å². The molecule has 0 bridgehead atoms. The number of sulfone groups is 1. The van der Waals surface area contributed by atoms with Gasteiger partial charge in [-0.2, -0.15) is 5.10 Å². The second-order valence-electron chi connectivity index (χ2n) is 5.64.